The van der Waals surface area contributed by atoms with Crippen molar-refractivity contribution in [1.29, 1.82) is 0 Å². The van der Waals surface area contributed by atoms with Crippen LogP contribution in [0, 0.1) is 0 Å². The van der Waals surface area contributed by atoms with Gasteiger partial charge < -0.3 is 14.3 Å². The van der Waals surface area contributed by atoms with Gasteiger partial charge in [0.15, 0.2) is 5.22 Å². The first-order chi connectivity index (χ1) is 9.13. The molecule has 2 heterocycles. The van der Waals surface area contributed by atoms with Crippen molar-refractivity contribution in [1.82, 2.24) is 0 Å². The van der Waals surface area contributed by atoms with E-state index < -0.39 is 6.10 Å². The van der Waals surface area contributed by atoms with Gasteiger partial charge in [0.25, 0.3) is 0 Å². The summed E-state index contributed by atoms with van der Waals surface area (Å²) in [6, 6.07) is 7.00. The van der Waals surface area contributed by atoms with Gasteiger partial charge in [0.2, 0.25) is 0 Å². The first-order valence-corrected chi connectivity index (χ1v) is 6.76. The van der Waals surface area contributed by atoms with Crippen molar-refractivity contribution in [2.45, 2.75) is 18.9 Å². The predicted octanol–water partition coefficient (Wildman–Crippen LogP) is 3.80. The van der Waals surface area contributed by atoms with E-state index in [1.807, 2.05) is 12.1 Å². The fourth-order valence-electron chi connectivity index (χ4n) is 2.31. The molecule has 1 aliphatic heterocycles. The van der Waals surface area contributed by atoms with Crippen LogP contribution in [0.4, 0.5) is 0 Å². The number of furan rings is 1. The van der Waals surface area contributed by atoms with Gasteiger partial charge in [-0.3, -0.25) is 0 Å². The zero-order chi connectivity index (χ0) is 13.4. The summed E-state index contributed by atoms with van der Waals surface area (Å²) in [6.07, 6.45) is 0.470. The van der Waals surface area contributed by atoms with Gasteiger partial charge >= 0.3 is 0 Å². The van der Waals surface area contributed by atoms with Crippen molar-refractivity contribution in [3.05, 3.63) is 51.4 Å². The van der Waals surface area contributed by atoms with Crippen LogP contribution in [-0.4, -0.2) is 11.7 Å². The number of hydrogen-bond donors (Lipinski definition) is 1. The van der Waals surface area contributed by atoms with E-state index in [-0.39, 0.29) is 5.22 Å². The maximum absolute atomic E-state index is 10.2. The third-order valence-electron chi connectivity index (χ3n) is 3.16. The Kier molecular flexibility index (Phi) is 3.44. The summed E-state index contributed by atoms with van der Waals surface area (Å²) in [5.74, 6) is 1.28. The van der Waals surface area contributed by atoms with Gasteiger partial charge in [-0.2, -0.15) is 0 Å². The van der Waals surface area contributed by atoms with Gasteiger partial charge in [0, 0.05) is 17.9 Å². The van der Waals surface area contributed by atoms with Crippen LogP contribution < -0.4 is 4.74 Å². The highest BCUT2D eigenvalue weighted by atomic mass is 35.5. The molecule has 1 aromatic heterocycles. The van der Waals surface area contributed by atoms with Crippen LogP contribution in [0.1, 0.15) is 23.0 Å². The molecule has 0 radical (unpaired) electrons. The SMILES string of the molecule is OC(Cc1cc(Cl)cc2c1OCC2)c1ccc(Cl)o1. The van der Waals surface area contributed by atoms with E-state index >= 15 is 0 Å². The fraction of sp³-hybridized carbons (Fsp3) is 0.286. The molecule has 0 spiro atoms. The van der Waals surface area contributed by atoms with E-state index in [0.717, 1.165) is 23.3 Å². The molecule has 0 amide bonds. The second-order valence-corrected chi connectivity index (χ2v) is 5.32. The molecule has 3 rings (SSSR count). The second kappa shape index (κ2) is 5.08. The molecule has 5 heteroatoms. The predicted molar refractivity (Wildman–Crippen MR) is 73.0 cm³/mol. The first kappa shape index (κ1) is 12.9. The lowest BCUT2D eigenvalue weighted by molar-refractivity contribution is 0.149. The zero-order valence-corrected chi connectivity index (χ0v) is 11.5. The Morgan fingerprint density at radius 1 is 1.26 bits per heavy atom. The molecule has 0 aliphatic carbocycles. The van der Waals surface area contributed by atoms with Crippen LogP contribution in [0.25, 0.3) is 0 Å². The Bertz CT molecular complexity index is 607. The van der Waals surface area contributed by atoms with E-state index in [1.165, 1.54) is 0 Å². The number of aliphatic hydroxyl groups is 1. The van der Waals surface area contributed by atoms with Gasteiger partial charge in [0.1, 0.15) is 17.6 Å². The summed E-state index contributed by atoms with van der Waals surface area (Å²) >= 11 is 11.8. The lowest BCUT2D eigenvalue weighted by Crippen LogP contribution is -2.02. The quantitative estimate of drug-likeness (QED) is 0.937. The number of benzene rings is 1. The molecule has 1 aliphatic rings. The highest BCUT2D eigenvalue weighted by molar-refractivity contribution is 6.30. The van der Waals surface area contributed by atoms with Gasteiger partial charge in [-0.15, -0.1) is 0 Å². The number of halogens is 2. The monoisotopic (exact) mass is 298 g/mol. The van der Waals surface area contributed by atoms with Crippen molar-refractivity contribution in [3.8, 4) is 5.75 Å². The van der Waals surface area contributed by atoms with Crippen LogP contribution >= 0.6 is 23.2 Å². The second-order valence-electron chi connectivity index (χ2n) is 4.51. The molecule has 100 valence electrons. The lowest BCUT2D eigenvalue weighted by Gasteiger charge is -2.12. The van der Waals surface area contributed by atoms with Crippen LogP contribution in [0.5, 0.6) is 5.75 Å². The number of aliphatic hydroxyl groups excluding tert-OH is 1. The molecule has 19 heavy (non-hydrogen) atoms. The fourth-order valence-corrected chi connectivity index (χ4v) is 2.73. The van der Waals surface area contributed by atoms with Crippen LogP contribution in [0.2, 0.25) is 10.2 Å². The Balaban J connectivity index is 1.87. The summed E-state index contributed by atoms with van der Waals surface area (Å²) in [4.78, 5) is 0. The molecule has 0 saturated carbocycles. The molecular weight excluding hydrogens is 287 g/mol. The largest absolute Gasteiger partial charge is 0.493 e. The normalized spacial score (nSPS) is 15.1. The first-order valence-electron chi connectivity index (χ1n) is 6.01. The lowest BCUT2D eigenvalue weighted by atomic mass is 10.0. The van der Waals surface area contributed by atoms with Crippen molar-refractivity contribution in [2.75, 3.05) is 6.61 Å². The van der Waals surface area contributed by atoms with E-state index in [0.29, 0.717) is 23.8 Å². The van der Waals surface area contributed by atoms with Crippen LogP contribution in [0.3, 0.4) is 0 Å². The molecule has 1 N–H and O–H groups in total. The van der Waals surface area contributed by atoms with Crippen LogP contribution in [0.15, 0.2) is 28.7 Å². The molecule has 0 saturated heterocycles. The summed E-state index contributed by atoms with van der Waals surface area (Å²) < 4.78 is 10.8. The van der Waals surface area contributed by atoms with Crippen LogP contribution in [-0.2, 0) is 12.8 Å². The molecule has 0 bridgehead atoms. The van der Waals surface area contributed by atoms with E-state index in [1.54, 1.807) is 12.1 Å². The van der Waals surface area contributed by atoms with E-state index in [9.17, 15) is 5.11 Å². The maximum Gasteiger partial charge on any atom is 0.193 e. The highest BCUT2D eigenvalue weighted by Gasteiger charge is 2.21. The minimum absolute atomic E-state index is 0.265. The summed E-state index contributed by atoms with van der Waals surface area (Å²) in [6.45, 7) is 0.658. The zero-order valence-electron chi connectivity index (χ0n) is 10.0. The Morgan fingerprint density at radius 2 is 2.11 bits per heavy atom. The Morgan fingerprint density at radius 3 is 2.84 bits per heavy atom. The third kappa shape index (κ3) is 2.59. The van der Waals surface area contributed by atoms with Crippen molar-refractivity contribution >= 4 is 23.2 Å². The highest BCUT2D eigenvalue weighted by Crippen LogP contribution is 2.35. The van der Waals surface area contributed by atoms with Gasteiger partial charge in [-0.1, -0.05) is 11.6 Å². The standard InChI is InChI=1S/C14H12Cl2O3/c15-10-5-8-3-4-18-14(8)9(6-10)7-11(17)12-1-2-13(16)19-12/h1-2,5-6,11,17H,3-4,7H2. The van der Waals surface area contributed by atoms with Crippen molar-refractivity contribution in [3.63, 3.8) is 0 Å². The molecule has 1 aromatic carbocycles. The number of fused-ring (bicyclic) bond motifs is 1. The van der Waals surface area contributed by atoms with E-state index in [4.69, 9.17) is 32.4 Å². The van der Waals surface area contributed by atoms with Crippen molar-refractivity contribution < 1.29 is 14.3 Å². The number of hydrogen-bond acceptors (Lipinski definition) is 3. The number of rotatable bonds is 3. The third-order valence-corrected chi connectivity index (χ3v) is 3.58. The minimum Gasteiger partial charge on any atom is -0.493 e. The average Bonchev–Trinajstić information content (AvgIpc) is 2.97. The molecular formula is C14H12Cl2O3. The summed E-state index contributed by atoms with van der Waals surface area (Å²) in [5, 5.41) is 11.1. The van der Waals surface area contributed by atoms with Gasteiger partial charge in [-0.05, 0) is 47.0 Å². The molecule has 1 atom stereocenters. The number of ether oxygens (including phenoxy) is 1. The average molecular weight is 299 g/mol. The molecule has 0 fully saturated rings. The Hall–Kier alpha value is -1.16. The van der Waals surface area contributed by atoms with Gasteiger partial charge in [0.05, 0.1) is 6.61 Å². The molecule has 2 aromatic rings. The smallest absolute Gasteiger partial charge is 0.193 e. The molecule has 1 unspecified atom stereocenters. The van der Waals surface area contributed by atoms with E-state index in [2.05, 4.69) is 0 Å². The minimum atomic E-state index is -0.765. The summed E-state index contributed by atoms with van der Waals surface area (Å²) in [7, 11) is 0. The topological polar surface area (TPSA) is 42.6 Å². The molecule has 3 nitrogen and oxygen atoms in total. The maximum atomic E-state index is 10.2. The van der Waals surface area contributed by atoms with Crippen molar-refractivity contribution in [2.24, 2.45) is 0 Å². The van der Waals surface area contributed by atoms with Gasteiger partial charge in [-0.25, -0.2) is 0 Å². The Labute approximate surface area is 120 Å². The summed E-state index contributed by atoms with van der Waals surface area (Å²) in [5.41, 5.74) is 1.98.